The van der Waals surface area contributed by atoms with Gasteiger partial charge in [-0.05, 0) is 19.4 Å². The van der Waals surface area contributed by atoms with Gasteiger partial charge in [0, 0.05) is 35.4 Å². The molecule has 0 amide bonds. The highest BCUT2D eigenvalue weighted by Gasteiger charge is 2.04. The van der Waals surface area contributed by atoms with Gasteiger partial charge < -0.3 is 5.32 Å². The average Bonchev–Trinajstić information content (AvgIpc) is 2.17. The summed E-state index contributed by atoms with van der Waals surface area (Å²) in [6.07, 6.45) is 1.75. The second-order valence-corrected chi connectivity index (χ2v) is 5.73. The van der Waals surface area contributed by atoms with Crippen LogP contribution in [0.15, 0.2) is 24.3 Å². The average molecular weight is 225 g/mol. The fraction of sp³-hybridized carbons (Fsp3) is 0.500. The molecule has 15 heavy (non-hydrogen) atoms. The van der Waals surface area contributed by atoms with Crippen LogP contribution in [0.2, 0.25) is 0 Å². The smallest absolute Gasteiger partial charge is 0.0441 e. The Morgan fingerprint density at radius 1 is 1.47 bits per heavy atom. The summed E-state index contributed by atoms with van der Waals surface area (Å²) in [7, 11) is -0.735. The number of benzene rings is 1. The lowest BCUT2D eigenvalue weighted by Crippen LogP contribution is -2.27. The molecule has 1 aromatic carbocycles. The molecule has 0 aromatic heterocycles. The molecule has 0 aliphatic rings. The van der Waals surface area contributed by atoms with Crippen molar-refractivity contribution in [2.45, 2.75) is 25.6 Å². The molecule has 0 fully saturated rings. The van der Waals surface area contributed by atoms with E-state index < -0.39 is 10.8 Å². The first-order valence-corrected chi connectivity index (χ1v) is 6.80. The van der Waals surface area contributed by atoms with Gasteiger partial charge in [0.2, 0.25) is 0 Å². The van der Waals surface area contributed by atoms with Crippen molar-refractivity contribution in [2.24, 2.45) is 0 Å². The molecule has 84 valence electrons. The maximum atomic E-state index is 11.1. The van der Waals surface area contributed by atoms with E-state index in [1.165, 1.54) is 11.1 Å². The van der Waals surface area contributed by atoms with Crippen LogP contribution in [0.4, 0.5) is 0 Å². The molecular weight excluding hydrogens is 206 g/mol. The monoisotopic (exact) mass is 225 g/mol. The van der Waals surface area contributed by atoms with Gasteiger partial charge in [0.05, 0.1) is 0 Å². The number of hydrogen-bond acceptors (Lipinski definition) is 2. The Morgan fingerprint density at radius 3 is 2.80 bits per heavy atom. The van der Waals surface area contributed by atoms with E-state index >= 15 is 0 Å². The summed E-state index contributed by atoms with van der Waals surface area (Å²) in [5, 5.41) is 3.53. The third-order valence-electron chi connectivity index (χ3n) is 2.41. The van der Waals surface area contributed by atoms with Crippen LogP contribution in [0.1, 0.15) is 18.1 Å². The molecule has 0 saturated carbocycles. The van der Waals surface area contributed by atoms with Gasteiger partial charge in [-0.2, -0.15) is 0 Å². The third kappa shape index (κ3) is 4.58. The second-order valence-electron chi connectivity index (χ2n) is 3.93. The second kappa shape index (κ2) is 6.03. The maximum absolute atomic E-state index is 11.1. The van der Waals surface area contributed by atoms with Crippen LogP contribution in [0.5, 0.6) is 0 Å². The molecule has 0 saturated heterocycles. The van der Waals surface area contributed by atoms with E-state index in [9.17, 15) is 4.21 Å². The topological polar surface area (TPSA) is 29.1 Å². The van der Waals surface area contributed by atoms with Gasteiger partial charge in [-0.25, -0.2) is 0 Å². The third-order valence-corrected chi connectivity index (χ3v) is 3.71. The Hall–Kier alpha value is -0.670. The van der Waals surface area contributed by atoms with Crippen LogP contribution < -0.4 is 5.32 Å². The van der Waals surface area contributed by atoms with Gasteiger partial charge in [-0.1, -0.05) is 29.8 Å². The van der Waals surface area contributed by atoms with E-state index in [1.54, 1.807) is 6.26 Å². The Morgan fingerprint density at radius 2 is 2.20 bits per heavy atom. The maximum Gasteiger partial charge on any atom is 0.0441 e. The zero-order valence-electron chi connectivity index (χ0n) is 9.62. The molecular formula is C12H19NOS. The summed E-state index contributed by atoms with van der Waals surface area (Å²) in [6, 6.07) is 8.43. The molecule has 0 bridgehead atoms. The minimum absolute atomic E-state index is 0.217. The van der Waals surface area contributed by atoms with Crippen molar-refractivity contribution in [2.75, 3.05) is 12.8 Å². The van der Waals surface area contributed by atoms with Crippen LogP contribution in [-0.4, -0.2) is 22.3 Å². The Labute approximate surface area is 94.5 Å². The Balaban J connectivity index is 2.35. The lowest BCUT2D eigenvalue weighted by Gasteiger charge is -2.10. The standard InChI is InChI=1S/C12H19NOS/c1-10-5-4-6-12(7-10)9-13-8-11(2)15(3)14/h4-7,11,13H,8-9H2,1-3H3. The minimum atomic E-state index is -0.735. The van der Waals surface area contributed by atoms with Crippen LogP contribution in [0.3, 0.4) is 0 Å². The lowest BCUT2D eigenvalue weighted by molar-refractivity contribution is 0.647. The molecule has 2 unspecified atom stereocenters. The van der Waals surface area contributed by atoms with Crippen LogP contribution in [0, 0.1) is 6.92 Å². The fourth-order valence-corrected chi connectivity index (χ4v) is 1.71. The first-order chi connectivity index (χ1) is 7.09. The number of nitrogens with one attached hydrogen (secondary N) is 1. The summed E-state index contributed by atoms with van der Waals surface area (Å²) < 4.78 is 11.1. The van der Waals surface area contributed by atoms with E-state index in [1.807, 2.05) is 6.92 Å². The summed E-state index contributed by atoms with van der Waals surface area (Å²) in [4.78, 5) is 0. The molecule has 0 heterocycles. The van der Waals surface area contributed by atoms with Crippen LogP contribution in [0.25, 0.3) is 0 Å². The van der Waals surface area contributed by atoms with Crippen molar-refractivity contribution in [1.82, 2.24) is 5.32 Å². The SMILES string of the molecule is Cc1cccc(CNCC(C)S(C)=O)c1. The van der Waals surface area contributed by atoms with E-state index in [2.05, 4.69) is 36.5 Å². The van der Waals surface area contributed by atoms with Crippen molar-refractivity contribution in [3.63, 3.8) is 0 Å². The Kier molecular flexibility index (Phi) is 4.99. The molecule has 3 heteroatoms. The van der Waals surface area contributed by atoms with Gasteiger partial charge >= 0.3 is 0 Å². The number of hydrogen-bond donors (Lipinski definition) is 1. The zero-order valence-corrected chi connectivity index (χ0v) is 10.4. The van der Waals surface area contributed by atoms with Crippen molar-refractivity contribution in [3.8, 4) is 0 Å². The predicted octanol–water partition coefficient (Wildman–Crippen LogP) is 1.85. The Bertz CT molecular complexity index is 338. The molecule has 1 rings (SSSR count). The highest BCUT2D eigenvalue weighted by molar-refractivity contribution is 7.84. The van der Waals surface area contributed by atoms with E-state index in [-0.39, 0.29) is 5.25 Å². The summed E-state index contributed by atoms with van der Waals surface area (Å²) >= 11 is 0. The molecule has 0 aliphatic carbocycles. The first kappa shape index (κ1) is 12.4. The largest absolute Gasteiger partial charge is 0.311 e. The van der Waals surface area contributed by atoms with Gasteiger partial charge in [0.1, 0.15) is 0 Å². The van der Waals surface area contributed by atoms with E-state index in [0.29, 0.717) is 0 Å². The highest BCUT2D eigenvalue weighted by Crippen LogP contribution is 2.03. The van der Waals surface area contributed by atoms with Crippen molar-refractivity contribution in [1.29, 1.82) is 0 Å². The van der Waals surface area contributed by atoms with Crippen molar-refractivity contribution in [3.05, 3.63) is 35.4 Å². The van der Waals surface area contributed by atoms with E-state index in [4.69, 9.17) is 0 Å². The van der Waals surface area contributed by atoms with Crippen molar-refractivity contribution >= 4 is 10.8 Å². The number of aryl methyl sites for hydroxylation is 1. The summed E-state index contributed by atoms with van der Waals surface area (Å²) in [5.41, 5.74) is 2.56. The van der Waals surface area contributed by atoms with E-state index in [0.717, 1.165) is 13.1 Å². The molecule has 0 aliphatic heterocycles. The molecule has 1 aromatic rings. The normalized spacial score (nSPS) is 14.9. The number of rotatable bonds is 5. The van der Waals surface area contributed by atoms with Crippen LogP contribution >= 0.6 is 0 Å². The van der Waals surface area contributed by atoms with Crippen LogP contribution in [-0.2, 0) is 17.3 Å². The zero-order chi connectivity index (χ0) is 11.3. The molecule has 1 N–H and O–H groups in total. The van der Waals surface area contributed by atoms with Gasteiger partial charge in [-0.15, -0.1) is 0 Å². The molecule has 0 spiro atoms. The van der Waals surface area contributed by atoms with Gasteiger partial charge in [0.25, 0.3) is 0 Å². The summed E-state index contributed by atoms with van der Waals surface area (Å²) in [5.74, 6) is 0. The molecule has 2 nitrogen and oxygen atoms in total. The highest BCUT2D eigenvalue weighted by atomic mass is 32.2. The van der Waals surface area contributed by atoms with Gasteiger partial charge in [-0.3, -0.25) is 4.21 Å². The van der Waals surface area contributed by atoms with Crippen molar-refractivity contribution < 1.29 is 4.21 Å². The predicted molar refractivity (Wildman–Crippen MR) is 66.4 cm³/mol. The fourth-order valence-electron chi connectivity index (χ4n) is 1.36. The molecule has 0 radical (unpaired) electrons. The van der Waals surface area contributed by atoms with Gasteiger partial charge in [0.15, 0.2) is 0 Å². The molecule has 2 atom stereocenters. The first-order valence-electron chi connectivity index (χ1n) is 5.18. The quantitative estimate of drug-likeness (QED) is 0.828. The lowest BCUT2D eigenvalue weighted by atomic mass is 10.1. The minimum Gasteiger partial charge on any atom is -0.311 e. The summed E-state index contributed by atoms with van der Waals surface area (Å²) in [6.45, 7) is 5.74.